The van der Waals surface area contributed by atoms with Crippen molar-refractivity contribution in [3.63, 3.8) is 0 Å². The minimum absolute atomic E-state index is 0.110. The Labute approximate surface area is 151 Å². The number of rotatable bonds is 6. The molecule has 2 N–H and O–H groups in total. The lowest BCUT2D eigenvalue weighted by atomic mass is 10.0. The highest BCUT2D eigenvalue weighted by Gasteiger charge is 2.22. The summed E-state index contributed by atoms with van der Waals surface area (Å²) >= 11 is 0. The zero-order chi connectivity index (χ0) is 18.5. The van der Waals surface area contributed by atoms with Gasteiger partial charge in [0.2, 0.25) is 5.91 Å². The van der Waals surface area contributed by atoms with Crippen LogP contribution in [-0.2, 0) is 9.59 Å². The maximum atomic E-state index is 11.6. The van der Waals surface area contributed by atoms with Crippen molar-refractivity contribution < 1.29 is 14.7 Å². The number of pyridine rings is 1. The molecule has 0 aliphatic heterocycles. The van der Waals surface area contributed by atoms with Gasteiger partial charge in [0.1, 0.15) is 6.04 Å². The van der Waals surface area contributed by atoms with Crippen LogP contribution in [0.4, 0.5) is 0 Å². The normalized spacial score (nSPS) is 11.7. The van der Waals surface area contributed by atoms with Gasteiger partial charge in [0.05, 0.1) is 6.42 Å². The first-order chi connectivity index (χ1) is 12.6. The monoisotopic (exact) mass is 349 g/mol. The van der Waals surface area contributed by atoms with Crippen LogP contribution in [0.25, 0.3) is 22.3 Å². The van der Waals surface area contributed by atoms with Crippen molar-refractivity contribution in [2.75, 3.05) is 7.05 Å². The molecule has 1 amide bonds. The average molecular weight is 349 g/mol. The molecule has 0 saturated heterocycles. The number of aromatic nitrogens is 2. The molecule has 132 valence electrons. The first kappa shape index (κ1) is 17.4. The third kappa shape index (κ3) is 3.80. The first-order valence-corrected chi connectivity index (χ1v) is 8.20. The lowest BCUT2D eigenvalue weighted by molar-refractivity contribution is -0.143. The minimum Gasteiger partial charge on any atom is -0.480 e. The number of nitrogens with zero attached hydrogens (tertiary/aromatic N) is 2. The van der Waals surface area contributed by atoms with Gasteiger partial charge in [-0.05, 0) is 40.5 Å². The lowest BCUT2D eigenvalue weighted by Crippen LogP contribution is -2.27. The van der Waals surface area contributed by atoms with Crippen LogP contribution in [0.3, 0.4) is 0 Å². The minimum atomic E-state index is -1.04. The van der Waals surface area contributed by atoms with Crippen LogP contribution in [-0.4, -0.2) is 33.6 Å². The Bertz CT molecular complexity index is 902. The molecule has 0 aliphatic rings. The van der Waals surface area contributed by atoms with E-state index in [1.807, 2.05) is 42.5 Å². The second kappa shape index (κ2) is 7.65. The Kier molecular flexibility index (Phi) is 5.12. The quantitative estimate of drug-likeness (QED) is 0.716. The second-order valence-electron chi connectivity index (χ2n) is 5.89. The molecule has 26 heavy (non-hydrogen) atoms. The highest BCUT2D eigenvalue weighted by Crippen LogP contribution is 2.26. The predicted molar refractivity (Wildman–Crippen MR) is 98.5 cm³/mol. The number of carboxylic acids is 1. The Morgan fingerprint density at radius 3 is 2.15 bits per heavy atom. The third-order valence-corrected chi connectivity index (χ3v) is 4.25. The molecule has 3 rings (SSSR count). The fraction of sp³-hybridized carbons (Fsp3) is 0.150. The van der Waals surface area contributed by atoms with Crippen LogP contribution in [0.15, 0.2) is 67.3 Å². The van der Waals surface area contributed by atoms with Gasteiger partial charge >= 0.3 is 5.97 Å². The van der Waals surface area contributed by atoms with E-state index in [4.69, 9.17) is 0 Å². The van der Waals surface area contributed by atoms with E-state index in [1.165, 1.54) is 7.05 Å². The molecule has 0 aliphatic carbocycles. The Morgan fingerprint density at radius 1 is 1.00 bits per heavy atom. The van der Waals surface area contributed by atoms with Crippen molar-refractivity contribution in [2.45, 2.75) is 12.5 Å². The van der Waals surface area contributed by atoms with E-state index < -0.39 is 12.0 Å². The summed E-state index contributed by atoms with van der Waals surface area (Å²) in [4.78, 5) is 27.1. The maximum Gasteiger partial charge on any atom is 0.327 e. The largest absolute Gasteiger partial charge is 0.480 e. The van der Waals surface area contributed by atoms with Crippen molar-refractivity contribution in [3.05, 3.63) is 67.3 Å². The highest BCUT2D eigenvalue weighted by atomic mass is 16.4. The van der Waals surface area contributed by atoms with Gasteiger partial charge in [-0.25, -0.2) is 4.79 Å². The maximum absolute atomic E-state index is 11.6. The number of carbonyl (C=O) groups is 2. The SMILES string of the molecule is CNC(=O)CC(C(=O)O)n1ccc(-c2ccc(-c3ccncc3)cc2)c1. The first-order valence-electron chi connectivity index (χ1n) is 8.20. The number of hydrogen-bond acceptors (Lipinski definition) is 3. The van der Waals surface area contributed by atoms with E-state index in [9.17, 15) is 14.7 Å². The topological polar surface area (TPSA) is 84.2 Å². The second-order valence-corrected chi connectivity index (χ2v) is 5.89. The molecular formula is C20H19N3O3. The van der Waals surface area contributed by atoms with E-state index in [0.717, 1.165) is 22.3 Å². The van der Waals surface area contributed by atoms with Gasteiger partial charge in [-0.2, -0.15) is 0 Å². The van der Waals surface area contributed by atoms with E-state index in [1.54, 1.807) is 29.4 Å². The van der Waals surface area contributed by atoms with Gasteiger partial charge in [-0.3, -0.25) is 9.78 Å². The van der Waals surface area contributed by atoms with Crippen molar-refractivity contribution in [2.24, 2.45) is 0 Å². The predicted octanol–water partition coefficient (Wildman–Crippen LogP) is 2.98. The van der Waals surface area contributed by atoms with Gasteiger partial charge in [0.15, 0.2) is 0 Å². The van der Waals surface area contributed by atoms with E-state index in [2.05, 4.69) is 10.3 Å². The van der Waals surface area contributed by atoms with Gasteiger partial charge in [-0.1, -0.05) is 24.3 Å². The smallest absolute Gasteiger partial charge is 0.327 e. The molecule has 0 fully saturated rings. The fourth-order valence-electron chi connectivity index (χ4n) is 2.78. The van der Waals surface area contributed by atoms with Crippen molar-refractivity contribution in [1.29, 1.82) is 0 Å². The Hall–Kier alpha value is -3.41. The van der Waals surface area contributed by atoms with Crippen LogP contribution >= 0.6 is 0 Å². The van der Waals surface area contributed by atoms with Gasteiger partial charge < -0.3 is 15.0 Å². The molecule has 0 radical (unpaired) electrons. The van der Waals surface area contributed by atoms with Crippen LogP contribution in [0.2, 0.25) is 0 Å². The standard InChI is InChI=1S/C20H19N3O3/c1-21-19(24)12-18(20(25)26)23-11-8-17(13-23)15-4-2-14(3-5-15)16-6-9-22-10-7-16/h2-11,13,18H,12H2,1H3,(H,21,24)(H,25,26). The summed E-state index contributed by atoms with van der Waals surface area (Å²) < 4.78 is 1.56. The molecule has 1 aromatic carbocycles. The van der Waals surface area contributed by atoms with Crippen LogP contribution in [0.1, 0.15) is 12.5 Å². The molecule has 6 heteroatoms. The average Bonchev–Trinajstić information content (AvgIpc) is 3.16. The summed E-state index contributed by atoms with van der Waals surface area (Å²) in [6.45, 7) is 0. The molecule has 0 spiro atoms. The summed E-state index contributed by atoms with van der Waals surface area (Å²) in [5, 5.41) is 11.9. The van der Waals surface area contributed by atoms with Crippen molar-refractivity contribution >= 4 is 11.9 Å². The van der Waals surface area contributed by atoms with Crippen molar-refractivity contribution in [3.8, 4) is 22.3 Å². The molecule has 0 saturated carbocycles. The zero-order valence-electron chi connectivity index (χ0n) is 14.3. The number of carbonyl (C=O) groups excluding carboxylic acids is 1. The summed E-state index contributed by atoms with van der Waals surface area (Å²) in [7, 11) is 1.49. The summed E-state index contributed by atoms with van der Waals surface area (Å²) in [5.74, 6) is -1.35. The number of amides is 1. The summed E-state index contributed by atoms with van der Waals surface area (Å²) in [5.41, 5.74) is 4.04. The van der Waals surface area contributed by atoms with E-state index >= 15 is 0 Å². The molecular weight excluding hydrogens is 330 g/mol. The molecule has 1 unspecified atom stereocenters. The van der Waals surface area contributed by atoms with Crippen LogP contribution in [0, 0.1) is 0 Å². The zero-order valence-corrected chi connectivity index (χ0v) is 14.3. The number of carboxylic acid groups (broad SMARTS) is 1. The van der Waals surface area contributed by atoms with Crippen LogP contribution in [0.5, 0.6) is 0 Å². The van der Waals surface area contributed by atoms with Crippen molar-refractivity contribution in [1.82, 2.24) is 14.9 Å². The third-order valence-electron chi connectivity index (χ3n) is 4.25. The van der Waals surface area contributed by atoms with Gasteiger partial charge in [0.25, 0.3) is 0 Å². The number of hydrogen-bond donors (Lipinski definition) is 2. The lowest BCUT2D eigenvalue weighted by Gasteiger charge is -2.13. The Balaban J connectivity index is 1.83. The highest BCUT2D eigenvalue weighted by molar-refractivity contribution is 5.83. The van der Waals surface area contributed by atoms with Crippen LogP contribution < -0.4 is 5.32 Å². The summed E-state index contributed by atoms with van der Waals surface area (Å²) in [6.07, 6.45) is 6.83. The molecule has 1 atom stereocenters. The molecule has 2 aromatic heterocycles. The van der Waals surface area contributed by atoms with E-state index in [-0.39, 0.29) is 12.3 Å². The fourth-order valence-corrected chi connectivity index (χ4v) is 2.78. The van der Waals surface area contributed by atoms with Gasteiger partial charge in [0, 0.05) is 31.8 Å². The molecule has 3 aromatic rings. The Morgan fingerprint density at radius 2 is 1.58 bits per heavy atom. The molecule has 2 heterocycles. The number of aliphatic carboxylic acids is 1. The number of benzene rings is 1. The van der Waals surface area contributed by atoms with E-state index in [0.29, 0.717) is 0 Å². The molecule has 6 nitrogen and oxygen atoms in total. The van der Waals surface area contributed by atoms with Gasteiger partial charge in [-0.15, -0.1) is 0 Å². The summed E-state index contributed by atoms with van der Waals surface area (Å²) in [6, 6.07) is 12.8. The number of nitrogens with one attached hydrogen (secondary N) is 1. The molecule has 0 bridgehead atoms.